The lowest BCUT2D eigenvalue weighted by Crippen LogP contribution is -2.24. The highest BCUT2D eigenvalue weighted by Crippen LogP contribution is 1.97. The zero-order valence-corrected chi connectivity index (χ0v) is 11.2. The Balaban J connectivity index is 0. The first-order chi connectivity index (χ1) is 8.33. The van der Waals surface area contributed by atoms with Gasteiger partial charge in [-0.1, -0.05) is 6.58 Å². The summed E-state index contributed by atoms with van der Waals surface area (Å²) in [5, 5.41) is 25.2. The number of carboxylic acids is 1. The number of hydrogen-bond acceptors (Lipinski definition) is 5. The number of hydrogen-bond donors (Lipinski definition) is 3. The molecule has 18 heavy (non-hydrogen) atoms. The van der Waals surface area contributed by atoms with Crippen LogP contribution in [0.4, 0.5) is 0 Å². The molecule has 0 aromatic heterocycles. The predicted octanol–water partition coefficient (Wildman–Crippen LogP) is 0.427. The van der Waals surface area contributed by atoms with E-state index >= 15 is 0 Å². The summed E-state index contributed by atoms with van der Waals surface area (Å²) >= 11 is 0. The molecule has 0 heterocycles. The quantitative estimate of drug-likeness (QED) is 0.550. The van der Waals surface area contributed by atoms with Crippen LogP contribution in [0.5, 0.6) is 0 Å². The van der Waals surface area contributed by atoms with Crippen molar-refractivity contribution in [2.24, 2.45) is 0 Å². The van der Waals surface area contributed by atoms with Crippen LogP contribution >= 0.6 is 0 Å². The summed E-state index contributed by atoms with van der Waals surface area (Å²) in [6.45, 7) is 9.07. The van der Waals surface area contributed by atoms with Crippen molar-refractivity contribution in [3.05, 3.63) is 12.7 Å². The van der Waals surface area contributed by atoms with E-state index in [1.807, 2.05) is 6.92 Å². The van der Waals surface area contributed by atoms with Crippen LogP contribution in [0, 0.1) is 0 Å². The fraction of sp³-hybridized carbons (Fsp3) is 0.750. The molecule has 3 N–H and O–H groups in total. The highest BCUT2D eigenvalue weighted by molar-refractivity contribution is 5.78. The van der Waals surface area contributed by atoms with Crippen LogP contribution in [0.1, 0.15) is 20.8 Å². The van der Waals surface area contributed by atoms with Crippen LogP contribution in [0.15, 0.2) is 12.7 Å². The van der Waals surface area contributed by atoms with E-state index in [2.05, 4.69) is 6.58 Å². The molecule has 0 rings (SSSR count). The molecule has 3 unspecified atom stereocenters. The molecule has 0 saturated heterocycles. The third kappa shape index (κ3) is 17.4. The summed E-state index contributed by atoms with van der Waals surface area (Å²) in [5.41, 5.74) is 0. The molecule has 0 aliphatic rings. The Morgan fingerprint density at radius 2 is 1.67 bits per heavy atom. The van der Waals surface area contributed by atoms with Gasteiger partial charge in [0.2, 0.25) is 0 Å². The summed E-state index contributed by atoms with van der Waals surface area (Å²) < 4.78 is 10.5. The molecule has 0 saturated carbocycles. The van der Waals surface area contributed by atoms with Gasteiger partial charge in [0.1, 0.15) is 0 Å². The molecule has 0 radical (unpaired) electrons. The molecule has 0 bridgehead atoms. The Hall–Kier alpha value is -0.950. The number of rotatable bonds is 8. The standard InChI is InChI=1S/C9H20O4.C3H4O2/c1-7(11)5-12-9(3)6-13-8(2)4-10;1-2-3(4)5/h7-11H,4-6H2,1-3H3;2H,1H2,(H,4,5). The van der Waals surface area contributed by atoms with Crippen molar-refractivity contribution in [1.82, 2.24) is 0 Å². The van der Waals surface area contributed by atoms with E-state index in [-0.39, 0.29) is 18.8 Å². The molecule has 0 aromatic carbocycles. The van der Waals surface area contributed by atoms with Gasteiger partial charge in [-0.05, 0) is 20.8 Å². The second-order valence-electron chi connectivity index (χ2n) is 3.86. The van der Waals surface area contributed by atoms with Gasteiger partial charge in [0, 0.05) is 6.08 Å². The maximum Gasteiger partial charge on any atom is 0.327 e. The number of aliphatic hydroxyl groups excluding tert-OH is 2. The van der Waals surface area contributed by atoms with E-state index in [9.17, 15) is 4.79 Å². The van der Waals surface area contributed by atoms with Crippen molar-refractivity contribution in [2.75, 3.05) is 19.8 Å². The van der Waals surface area contributed by atoms with Crippen molar-refractivity contribution in [1.29, 1.82) is 0 Å². The van der Waals surface area contributed by atoms with Gasteiger partial charge in [-0.2, -0.15) is 0 Å². The number of aliphatic hydroxyl groups is 2. The van der Waals surface area contributed by atoms with Crippen molar-refractivity contribution in [3.63, 3.8) is 0 Å². The molecule has 6 heteroatoms. The lowest BCUT2D eigenvalue weighted by Gasteiger charge is -2.16. The minimum absolute atomic E-state index is 0.0170. The van der Waals surface area contributed by atoms with Gasteiger partial charge in [-0.15, -0.1) is 0 Å². The zero-order chi connectivity index (χ0) is 14.6. The minimum Gasteiger partial charge on any atom is -0.478 e. The molecule has 0 aromatic rings. The van der Waals surface area contributed by atoms with Gasteiger partial charge < -0.3 is 24.8 Å². The Morgan fingerprint density at radius 3 is 2.00 bits per heavy atom. The molecule has 0 aliphatic carbocycles. The van der Waals surface area contributed by atoms with Crippen molar-refractivity contribution in [2.45, 2.75) is 39.1 Å². The molecule has 0 amide bonds. The van der Waals surface area contributed by atoms with Gasteiger partial charge in [-0.25, -0.2) is 4.79 Å². The Labute approximate surface area is 108 Å². The van der Waals surface area contributed by atoms with E-state index in [0.29, 0.717) is 13.2 Å². The van der Waals surface area contributed by atoms with Crippen LogP contribution in [0.2, 0.25) is 0 Å². The first-order valence-corrected chi connectivity index (χ1v) is 5.70. The Bertz CT molecular complexity index is 217. The molecule has 0 fully saturated rings. The van der Waals surface area contributed by atoms with Gasteiger partial charge >= 0.3 is 5.97 Å². The number of ether oxygens (including phenoxy) is 2. The van der Waals surface area contributed by atoms with Crippen LogP contribution in [0.25, 0.3) is 0 Å². The van der Waals surface area contributed by atoms with Crippen molar-refractivity contribution in [3.8, 4) is 0 Å². The molecule has 0 spiro atoms. The smallest absolute Gasteiger partial charge is 0.327 e. The molecule has 108 valence electrons. The topological polar surface area (TPSA) is 96.2 Å². The largest absolute Gasteiger partial charge is 0.478 e. The highest BCUT2D eigenvalue weighted by atomic mass is 16.5. The number of aliphatic carboxylic acids is 1. The summed E-state index contributed by atoms with van der Waals surface area (Å²) in [6, 6.07) is 0. The second-order valence-corrected chi connectivity index (χ2v) is 3.86. The third-order valence-electron chi connectivity index (χ3n) is 1.67. The molecule has 3 atom stereocenters. The van der Waals surface area contributed by atoms with Gasteiger partial charge in [0.25, 0.3) is 0 Å². The van der Waals surface area contributed by atoms with Gasteiger partial charge in [0.05, 0.1) is 38.1 Å². The second kappa shape index (κ2) is 12.5. The predicted molar refractivity (Wildman–Crippen MR) is 67.4 cm³/mol. The SMILES string of the molecule is C=CC(=O)O.CC(O)COC(C)COC(C)CO. The van der Waals surface area contributed by atoms with Gasteiger partial charge in [0.15, 0.2) is 0 Å². The summed E-state index contributed by atoms with van der Waals surface area (Å²) in [4.78, 5) is 9.25. The van der Waals surface area contributed by atoms with E-state index in [0.717, 1.165) is 6.08 Å². The van der Waals surface area contributed by atoms with Crippen molar-refractivity contribution < 1.29 is 29.6 Å². The van der Waals surface area contributed by atoms with E-state index in [1.54, 1.807) is 13.8 Å². The Morgan fingerprint density at radius 1 is 1.22 bits per heavy atom. The molecule has 0 aliphatic heterocycles. The number of carbonyl (C=O) groups is 1. The van der Waals surface area contributed by atoms with Crippen LogP contribution < -0.4 is 0 Å². The molecular formula is C12H24O6. The normalized spacial score (nSPS) is 14.9. The zero-order valence-electron chi connectivity index (χ0n) is 11.2. The minimum atomic E-state index is -0.981. The summed E-state index contributed by atoms with van der Waals surface area (Å²) in [5.74, 6) is -0.981. The first-order valence-electron chi connectivity index (χ1n) is 5.70. The highest BCUT2D eigenvalue weighted by Gasteiger charge is 2.06. The van der Waals surface area contributed by atoms with E-state index in [1.165, 1.54) is 0 Å². The molecular weight excluding hydrogens is 240 g/mol. The van der Waals surface area contributed by atoms with Gasteiger partial charge in [-0.3, -0.25) is 0 Å². The summed E-state index contributed by atoms with van der Waals surface area (Å²) in [6.07, 6.45) is 0.180. The first kappa shape index (κ1) is 19.4. The van der Waals surface area contributed by atoms with Crippen molar-refractivity contribution >= 4 is 5.97 Å². The fourth-order valence-corrected chi connectivity index (χ4v) is 0.704. The maximum absolute atomic E-state index is 9.25. The van der Waals surface area contributed by atoms with E-state index < -0.39 is 12.1 Å². The lowest BCUT2D eigenvalue weighted by molar-refractivity contribution is -0.131. The average molecular weight is 264 g/mol. The maximum atomic E-state index is 9.25. The van der Waals surface area contributed by atoms with E-state index in [4.69, 9.17) is 24.8 Å². The number of carboxylic acid groups (broad SMARTS) is 1. The monoisotopic (exact) mass is 264 g/mol. The summed E-state index contributed by atoms with van der Waals surface area (Å²) in [7, 11) is 0. The fourth-order valence-electron chi connectivity index (χ4n) is 0.704. The Kier molecular flexibility index (Phi) is 13.5. The third-order valence-corrected chi connectivity index (χ3v) is 1.67. The molecule has 6 nitrogen and oxygen atoms in total. The lowest BCUT2D eigenvalue weighted by atomic mass is 10.4. The average Bonchev–Trinajstić information content (AvgIpc) is 2.33. The van der Waals surface area contributed by atoms with Crippen LogP contribution in [-0.4, -0.2) is 59.4 Å². The van der Waals surface area contributed by atoms with Crippen LogP contribution in [0.3, 0.4) is 0 Å². The van der Waals surface area contributed by atoms with Crippen LogP contribution in [-0.2, 0) is 14.3 Å².